The minimum absolute atomic E-state index is 0.0390. The normalized spacial score (nSPS) is 17.4. The highest BCUT2D eigenvalue weighted by atomic mass is 35.5. The molecule has 0 aliphatic carbocycles. The third kappa shape index (κ3) is 1.58. The highest BCUT2D eigenvalue weighted by Gasteiger charge is 2.29. The van der Waals surface area contributed by atoms with Crippen LogP contribution in [0.1, 0.15) is 17.3 Å². The summed E-state index contributed by atoms with van der Waals surface area (Å²) in [4.78, 5) is 0. The van der Waals surface area contributed by atoms with Crippen LogP contribution in [0.2, 0.25) is 5.15 Å². The third-order valence-corrected chi connectivity index (χ3v) is 3.47. The van der Waals surface area contributed by atoms with E-state index in [1.165, 1.54) is 0 Å². The minimum Gasteiger partial charge on any atom is -0.492 e. The fourth-order valence-electron chi connectivity index (χ4n) is 2.38. The van der Waals surface area contributed by atoms with Crippen molar-refractivity contribution in [3.63, 3.8) is 0 Å². The molecule has 0 bridgehead atoms. The van der Waals surface area contributed by atoms with Crippen LogP contribution in [0.4, 0.5) is 0 Å². The zero-order valence-corrected chi connectivity index (χ0v) is 10.6. The van der Waals surface area contributed by atoms with Gasteiger partial charge in [-0.3, -0.25) is 0 Å². The maximum atomic E-state index is 5.94. The molecule has 94 valence electrons. The Balaban J connectivity index is 1.90. The fraction of sp³-hybridized carbons (Fsp3) is 0.154. The molecule has 3 aromatic rings. The van der Waals surface area contributed by atoms with Gasteiger partial charge >= 0.3 is 0 Å². The maximum absolute atomic E-state index is 5.94. The van der Waals surface area contributed by atoms with Crippen molar-refractivity contribution in [1.29, 1.82) is 0 Å². The molecule has 1 aliphatic heterocycles. The van der Waals surface area contributed by atoms with E-state index in [1.807, 2.05) is 24.3 Å². The Morgan fingerprint density at radius 2 is 2.05 bits per heavy atom. The van der Waals surface area contributed by atoms with Gasteiger partial charge in [-0.25, -0.2) is 0 Å². The zero-order chi connectivity index (χ0) is 12.8. The largest absolute Gasteiger partial charge is 0.492 e. The summed E-state index contributed by atoms with van der Waals surface area (Å²) in [5, 5.41) is 13.0. The van der Waals surface area contributed by atoms with Crippen LogP contribution in [-0.2, 0) is 0 Å². The standard InChI is InChI=1S/C13H9ClN4O/c14-11-5-6-12-15-16-13(18(12)17-11)9-7-19-10-4-2-1-3-8(9)10/h1-6,9H,7H2. The molecule has 0 saturated heterocycles. The van der Waals surface area contributed by atoms with Crippen molar-refractivity contribution < 1.29 is 4.74 Å². The molecular weight excluding hydrogens is 264 g/mol. The molecule has 6 heteroatoms. The molecule has 4 rings (SSSR count). The lowest BCUT2D eigenvalue weighted by molar-refractivity contribution is 0.338. The molecule has 1 atom stereocenters. The molecule has 0 radical (unpaired) electrons. The first-order valence-corrected chi connectivity index (χ1v) is 6.30. The van der Waals surface area contributed by atoms with E-state index in [9.17, 15) is 0 Å². The molecule has 19 heavy (non-hydrogen) atoms. The van der Waals surface area contributed by atoms with Gasteiger partial charge in [0, 0.05) is 5.56 Å². The predicted octanol–water partition coefficient (Wildman–Crippen LogP) is 2.30. The molecule has 0 fully saturated rings. The van der Waals surface area contributed by atoms with Crippen LogP contribution < -0.4 is 4.74 Å². The van der Waals surface area contributed by atoms with E-state index in [-0.39, 0.29) is 5.92 Å². The Morgan fingerprint density at radius 3 is 3.00 bits per heavy atom. The third-order valence-electron chi connectivity index (χ3n) is 3.27. The molecule has 1 aliphatic rings. The first-order chi connectivity index (χ1) is 9.33. The van der Waals surface area contributed by atoms with Crippen molar-refractivity contribution in [3.8, 4) is 5.75 Å². The monoisotopic (exact) mass is 272 g/mol. The molecule has 0 spiro atoms. The van der Waals surface area contributed by atoms with Gasteiger partial charge in [-0.1, -0.05) is 29.8 Å². The zero-order valence-electron chi connectivity index (χ0n) is 9.82. The Bertz CT molecular complexity index is 770. The van der Waals surface area contributed by atoms with Crippen LogP contribution in [0.5, 0.6) is 5.75 Å². The minimum atomic E-state index is 0.0390. The molecule has 3 heterocycles. The van der Waals surface area contributed by atoms with E-state index in [0.29, 0.717) is 17.4 Å². The summed E-state index contributed by atoms with van der Waals surface area (Å²) in [6.07, 6.45) is 0. The van der Waals surface area contributed by atoms with Gasteiger partial charge in [-0.15, -0.1) is 10.2 Å². The van der Waals surface area contributed by atoms with E-state index < -0.39 is 0 Å². The number of ether oxygens (including phenoxy) is 1. The summed E-state index contributed by atoms with van der Waals surface area (Å²) in [6.45, 7) is 0.550. The fourth-order valence-corrected chi connectivity index (χ4v) is 2.52. The second-order valence-corrected chi connectivity index (χ2v) is 4.77. The molecule has 5 nitrogen and oxygen atoms in total. The number of hydrogen-bond donors (Lipinski definition) is 0. The Hall–Kier alpha value is -2.14. The van der Waals surface area contributed by atoms with Gasteiger partial charge in [0.05, 0.1) is 5.92 Å². The van der Waals surface area contributed by atoms with E-state index in [1.54, 1.807) is 16.6 Å². The summed E-state index contributed by atoms with van der Waals surface area (Å²) >= 11 is 5.94. The SMILES string of the molecule is Clc1ccc2nnc(C3COc4ccccc43)n2n1. The first-order valence-electron chi connectivity index (χ1n) is 5.92. The van der Waals surface area contributed by atoms with E-state index in [2.05, 4.69) is 15.3 Å². The molecule has 0 amide bonds. The van der Waals surface area contributed by atoms with Crippen LogP contribution in [0.15, 0.2) is 36.4 Å². The highest BCUT2D eigenvalue weighted by Crippen LogP contribution is 2.36. The summed E-state index contributed by atoms with van der Waals surface area (Å²) in [5.74, 6) is 1.69. The predicted molar refractivity (Wildman–Crippen MR) is 69.6 cm³/mol. The number of para-hydroxylation sites is 1. The first kappa shape index (κ1) is 10.8. The summed E-state index contributed by atoms with van der Waals surface area (Å²) in [7, 11) is 0. The van der Waals surface area contributed by atoms with Crippen LogP contribution in [0.25, 0.3) is 5.65 Å². The topological polar surface area (TPSA) is 52.3 Å². The van der Waals surface area contributed by atoms with Crippen molar-refractivity contribution in [2.45, 2.75) is 5.92 Å². The van der Waals surface area contributed by atoms with Crippen molar-refractivity contribution in [2.75, 3.05) is 6.61 Å². The maximum Gasteiger partial charge on any atom is 0.178 e. The van der Waals surface area contributed by atoms with Gasteiger partial charge in [-0.05, 0) is 18.2 Å². The van der Waals surface area contributed by atoms with Crippen LogP contribution >= 0.6 is 11.6 Å². The highest BCUT2D eigenvalue weighted by molar-refractivity contribution is 6.29. The molecule has 1 aromatic carbocycles. The van der Waals surface area contributed by atoms with Gasteiger partial charge in [0.15, 0.2) is 11.5 Å². The lowest BCUT2D eigenvalue weighted by atomic mass is 10.0. The lowest BCUT2D eigenvalue weighted by Gasteiger charge is -2.05. The number of nitrogens with zero attached hydrogens (tertiary/aromatic N) is 4. The summed E-state index contributed by atoms with van der Waals surface area (Å²) in [5.41, 5.74) is 1.79. The van der Waals surface area contributed by atoms with Crippen LogP contribution in [0, 0.1) is 0 Å². The molecule has 1 unspecified atom stereocenters. The number of rotatable bonds is 1. The van der Waals surface area contributed by atoms with Crippen molar-refractivity contribution in [3.05, 3.63) is 52.9 Å². The van der Waals surface area contributed by atoms with E-state index in [4.69, 9.17) is 16.3 Å². The number of aromatic nitrogens is 4. The Labute approximate surface area is 113 Å². The molecule has 0 saturated carbocycles. The van der Waals surface area contributed by atoms with Crippen molar-refractivity contribution in [2.24, 2.45) is 0 Å². The molecule has 2 aromatic heterocycles. The second-order valence-electron chi connectivity index (χ2n) is 4.39. The van der Waals surface area contributed by atoms with Crippen LogP contribution in [0.3, 0.4) is 0 Å². The smallest absolute Gasteiger partial charge is 0.178 e. The number of hydrogen-bond acceptors (Lipinski definition) is 4. The number of fused-ring (bicyclic) bond motifs is 2. The van der Waals surface area contributed by atoms with E-state index in [0.717, 1.165) is 17.1 Å². The number of benzene rings is 1. The molecular formula is C13H9ClN4O. The Morgan fingerprint density at radius 1 is 1.16 bits per heavy atom. The van der Waals surface area contributed by atoms with E-state index >= 15 is 0 Å². The van der Waals surface area contributed by atoms with Crippen molar-refractivity contribution >= 4 is 17.2 Å². The van der Waals surface area contributed by atoms with Gasteiger partial charge in [0.1, 0.15) is 17.5 Å². The van der Waals surface area contributed by atoms with Crippen LogP contribution in [-0.4, -0.2) is 26.4 Å². The molecule has 0 N–H and O–H groups in total. The van der Waals surface area contributed by atoms with Gasteiger partial charge < -0.3 is 4.74 Å². The van der Waals surface area contributed by atoms with Crippen molar-refractivity contribution in [1.82, 2.24) is 19.8 Å². The average molecular weight is 273 g/mol. The quantitative estimate of drug-likeness (QED) is 0.682. The Kier molecular flexibility index (Phi) is 2.22. The van der Waals surface area contributed by atoms with Gasteiger partial charge in [0.25, 0.3) is 0 Å². The summed E-state index contributed by atoms with van der Waals surface area (Å²) < 4.78 is 7.35. The average Bonchev–Trinajstić information content (AvgIpc) is 3.01. The summed E-state index contributed by atoms with van der Waals surface area (Å²) in [6, 6.07) is 11.4. The second kappa shape index (κ2) is 3.93. The lowest BCUT2D eigenvalue weighted by Crippen LogP contribution is -2.09. The van der Waals surface area contributed by atoms with Gasteiger partial charge in [-0.2, -0.15) is 9.61 Å². The number of halogens is 1. The van der Waals surface area contributed by atoms with Gasteiger partial charge in [0.2, 0.25) is 0 Å².